The Hall–Kier alpha value is -0.0900. The van der Waals surface area contributed by atoms with Gasteiger partial charge in [0.2, 0.25) is 0 Å². The van der Waals surface area contributed by atoms with Gasteiger partial charge in [0, 0.05) is 22.4 Å². The summed E-state index contributed by atoms with van der Waals surface area (Å²) < 4.78 is 24.5. The van der Waals surface area contributed by atoms with Crippen molar-refractivity contribution >= 4 is 127 Å². The second-order valence-corrected chi connectivity index (χ2v) is 13.0. The van der Waals surface area contributed by atoms with Gasteiger partial charge in [-0.2, -0.15) is 0 Å². The summed E-state index contributed by atoms with van der Waals surface area (Å²) in [7, 11) is 0. The maximum Gasteiger partial charge on any atom is 0.290 e. The molecule has 0 fully saturated rings. The van der Waals surface area contributed by atoms with Crippen molar-refractivity contribution in [3.05, 3.63) is 78.2 Å². The fourth-order valence-electron chi connectivity index (χ4n) is 2.56. The van der Waals surface area contributed by atoms with Crippen molar-refractivity contribution in [3.63, 3.8) is 0 Å². The van der Waals surface area contributed by atoms with Crippen LogP contribution in [0.15, 0.2) is 78.2 Å². The second kappa shape index (κ2) is 12.2. The molecule has 0 unspecified atom stereocenters. The fraction of sp³-hybridized carbons (Fsp3) is 0. The molecule has 0 aliphatic rings. The molecule has 0 amide bonds. The summed E-state index contributed by atoms with van der Waals surface area (Å²) in [4.78, 5) is 0. The van der Waals surface area contributed by atoms with Gasteiger partial charge in [-0.1, -0.05) is 16.3 Å². The molecule has 180 valence electrons. The summed E-state index contributed by atoms with van der Waals surface area (Å²) in [6, 6.07) is 12.7. The van der Waals surface area contributed by atoms with E-state index in [0.717, 1.165) is 22.4 Å². The van der Waals surface area contributed by atoms with Gasteiger partial charge in [-0.3, -0.25) is 0 Å². The van der Waals surface area contributed by atoms with E-state index < -0.39 is 0 Å². The Morgan fingerprint density at radius 1 is 0.457 bits per heavy atom. The quantitative estimate of drug-likeness (QED) is 0.179. The highest BCUT2D eigenvalue weighted by Crippen LogP contribution is 2.47. The van der Waals surface area contributed by atoms with Crippen LogP contribution in [0.1, 0.15) is 0 Å². The van der Waals surface area contributed by atoms with E-state index in [-0.39, 0.29) is 17.5 Å². The Kier molecular flexibility index (Phi) is 9.72. The molecule has 0 N–H and O–H groups in total. The molecule has 6 nitrogen and oxygen atoms in total. The van der Waals surface area contributed by atoms with Crippen LogP contribution in [0.2, 0.25) is 0 Å². The first-order valence-corrected chi connectivity index (χ1v) is 15.5. The van der Waals surface area contributed by atoms with Crippen LogP contribution >= 0.6 is 127 Å². The molecule has 4 rings (SSSR count). The third-order valence-electron chi connectivity index (χ3n) is 4.20. The zero-order chi connectivity index (χ0) is 25.3. The predicted octanol–water partition coefficient (Wildman–Crippen LogP) is 11.3. The molecule has 0 radical (unpaired) electrons. The van der Waals surface area contributed by atoms with Crippen molar-refractivity contribution in [3.8, 4) is 34.8 Å². The van der Waals surface area contributed by atoms with Crippen molar-refractivity contribution in [1.29, 1.82) is 0 Å². The van der Waals surface area contributed by atoms with Crippen molar-refractivity contribution < 1.29 is 14.2 Å². The van der Waals surface area contributed by atoms with Gasteiger partial charge in [0.05, 0.1) is 13.4 Å². The van der Waals surface area contributed by atoms with E-state index in [1.54, 1.807) is 18.2 Å². The van der Waals surface area contributed by atoms with Crippen molar-refractivity contribution in [2.24, 2.45) is 0 Å². The topological polar surface area (TPSA) is 66.4 Å². The molecule has 0 saturated carbocycles. The highest BCUT2D eigenvalue weighted by Gasteiger charge is 2.24. The first-order valence-electron chi connectivity index (χ1n) is 9.15. The number of halogens is 8. The molecule has 0 saturated heterocycles. The molecule has 0 bridgehead atoms. The lowest BCUT2D eigenvalue weighted by atomic mass is 10.3. The number of benzene rings is 3. The fourth-order valence-corrected chi connectivity index (χ4v) is 5.96. The lowest BCUT2D eigenvalue weighted by Gasteiger charge is -2.16. The third-order valence-corrected chi connectivity index (χ3v) is 12.9. The Morgan fingerprint density at radius 3 is 1.46 bits per heavy atom. The molecule has 35 heavy (non-hydrogen) atoms. The predicted molar refractivity (Wildman–Crippen MR) is 161 cm³/mol. The smallest absolute Gasteiger partial charge is 0.290 e. The zero-order valence-corrected chi connectivity index (χ0v) is 29.3. The van der Waals surface area contributed by atoms with Gasteiger partial charge in [-0.05, 0) is 169 Å². The molecule has 3 aromatic carbocycles. The van der Waals surface area contributed by atoms with Crippen molar-refractivity contribution in [2.45, 2.75) is 0 Å². The summed E-state index contributed by atoms with van der Waals surface area (Å²) in [5.41, 5.74) is 0. The first-order chi connectivity index (χ1) is 16.7. The second-order valence-electron chi connectivity index (χ2n) is 6.43. The van der Waals surface area contributed by atoms with Gasteiger partial charge >= 0.3 is 0 Å². The van der Waals surface area contributed by atoms with E-state index in [2.05, 4.69) is 143 Å². The van der Waals surface area contributed by atoms with Crippen LogP contribution in [-0.4, -0.2) is 15.4 Å². The number of nitrogens with zero attached hydrogens (tertiary/aromatic N) is 3. The Balaban J connectivity index is 1.83. The monoisotopic (exact) mass is 980 g/mol. The van der Waals surface area contributed by atoms with Crippen LogP contribution in [0.4, 0.5) is 0 Å². The van der Waals surface area contributed by atoms with Crippen molar-refractivity contribution in [1.82, 2.24) is 15.4 Å². The number of ether oxygens (including phenoxy) is 3. The lowest BCUT2D eigenvalue weighted by Crippen LogP contribution is -2.02. The Morgan fingerprint density at radius 2 is 0.914 bits per heavy atom. The van der Waals surface area contributed by atoms with E-state index >= 15 is 0 Å². The Bertz CT molecular complexity index is 1440. The van der Waals surface area contributed by atoms with E-state index in [0.29, 0.717) is 30.7 Å². The van der Waals surface area contributed by atoms with Crippen LogP contribution in [0.5, 0.6) is 34.8 Å². The number of aromatic nitrogens is 3. The minimum atomic E-state index is 0.0435. The maximum absolute atomic E-state index is 6.24. The Labute approximate surface area is 266 Å². The molecular weight excluding hydrogens is 981 g/mol. The molecule has 14 heteroatoms. The minimum Gasteiger partial charge on any atom is -0.445 e. The largest absolute Gasteiger partial charge is 0.445 e. The van der Waals surface area contributed by atoms with Crippen LogP contribution in [0.25, 0.3) is 0 Å². The molecule has 0 atom stereocenters. The van der Waals surface area contributed by atoms with Crippen LogP contribution < -0.4 is 14.2 Å². The molecular formula is C21H7Br8N3O3. The van der Waals surface area contributed by atoms with Gasteiger partial charge in [-0.25, -0.2) is 0 Å². The van der Waals surface area contributed by atoms with Crippen LogP contribution in [0.3, 0.4) is 0 Å². The van der Waals surface area contributed by atoms with E-state index in [4.69, 9.17) is 14.2 Å². The van der Waals surface area contributed by atoms with Gasteiger partial charge in [0.25, 0.3) is 17.5 Å². The average Bonchev–Trinajstić information content (AvgIpc) is 2.84. The van der Waals surface area contributed by atoms with E-state index in [9.17, 15) is 0 Å². The zero-order valence-electron chi connectivity index (χ0n) is 16.6. The SMILES string of the molecule is Brc1cccc(Oc2nnnc(Oc3ccc(Br)c(Br)c3Br)c2Oc2ccc(Br)c(Br)c2Br)c1Br. The summed E-state index contributed by atoms with van der Waals surface area (Å²) in [6.45, 7) is 0. The normalized spacial score (nSPS) is 10.9. The average molecular weight is 989 g/mol. The van der Waals surface area contributed by atoms with Gasteiger partial charge in [-0.15, -0.1) is 0 Å². The lowest BCUT2D eigenvalue weighted by molar-refractivity contribution is 0.351. The number of hydrogen-bond donors (Lipinski definition) is 0. The minimum absolute atomic E-state index is 0.0435. The number of hydrogen-bond acceptors (Lipinski definition) is 6. The van der Waals surface area contributed by atoms with Gasteiger partial charge in [0.15, 0.2) is 0 Å². The molecule has 1 aromatic heterocycles. The summed E-state index contributed by atoms with van der Waals surface area (Å²) in [6.07, 6.45) is 0. The highest BCUT2D eigenvalue weighted by molar-refractivity contribution is 9.15. The van der Waals surface area contributed by atoms with E-state index in [1.165, 1.54) is 0 Å². The summed E-state index contributed by atoms with van der Waals surface area (Å²) >= 11 is 28.0. The summed E-state index contributed by atoms with van der Waals surface area (Å²) in [5, 5.41) is 12.0. The highest BCUT2D eigenvalue weighted by atomic mass is 79.9. The van der Waals surface area contributed by atoms with E-state index in [1.807, 2.05) is 24.3 Å². The van der Waals surface area contributed by atoms with Crippen molar-refractivity contribution in [2.75, 3.05) is 0 Å². The first kappa shape index (κ1) is 27.9. The van der Waals surface area contributed by atoms with Gasteiger partial charge in [0.1, 0.15) is 17.2 Å². The molecule has 1 heterocycles. The third kappa shape index (κ3) is 6.32. The number of rotatable bonds is 6. The molecule has 0 aliphatic carbocycles. The standard InChI is InChI=1S/C21H7Br8N3O3/c22-8-2-1-3-11(14(8)25)34-20-19(33-12-6-4-9(23)15(26)17(12)28)21(31-32-30-20)35-13-7-5-10(24)16(27)18(13)29/h1-7H. The molecule has 4 aromatic rings. The van der Waals surface area contributed by atoms with Crippen LogP contribution in [0, 0.1) is 0 Å². The molecule has 0 aliphatic heterocycles. The van der Waals surface area contributed by atoms with Gasteiger partial charge < -0.3 is 14.2 Å². The summed E-state index contributed by atoms with van der Waals surface area (Å²) in [5.74, 6) is 1.63. The molecule has 0 spiro atoms. The maximum atomic E-state index is 6.24. The van der Waals surface area contributed by atoms with Crippen LogP contribution in [-0.2, 0) is 0 Å².